The van der Waals surface area contributed by atoms with Gasteiger partial charge in [-0.3, -0.25) is 9.59 Å². The average Bonchev–Trinajstić information content (AvgIpc) is 3.49. The maximum absolute atomic E-state index is 12.8. The van der Waals surface area contributed by atoms with Gasteiger partial charge < -0.3 is 14.4 Å². The van der Waals surface area contributed by atoms with Crippen LogP contribution in [0.3, 0.4) is 0 Å². The van der Waals surface area contributed by atoms with Crippen LogP contribution in [0.2, 0.25) is 0 Å². The van der Waals surface area contributed by atoms with Crippen molar-refractivity contribution in [1.82, 2.24) is 19.4 Å². The fourth-order valence-electron chi connectivity index (χ4n) is 4.33. The zero-order chi connectivity index (χ0) is 19.8. The first-order chi connectivity index (χ1) is 14.2. The summed E-state index contributed by atoms with van der Waals surface area (Å²) in [6.07, 6.45) is 2.66. The van der Waals surface area contributed by atoms with Crippen LogP contribution in [0, 0.1) is 5.92 Å². The third kappa shape index (κ3) is 3.50. The van der Waals surface area contributed by atoms with Crippen molar-refractivity contribution >= 4 is 22.8 Å². The summed E-state index contributed by atoms with van der Waals surface area (Å²) in [7, 11) is 0. The number of piperazine rings is 1. The zero-order valence-corrected chi connectivity index (χ0v) is 16.3. The Labute approximate surface area is 169 Å². The smallest absolute Gasteiger partial charge is 0.242 e. The van der Waals surface area contributed by atoms with Gasteiger partial charge in [-0.2, -0.15) is 0 Å². The second kappa shape index (κ2) is 7.35. The number of aromatic nitrogens is 2. The van der Waals surface area contributed by atoms with E-state index in [1.807, 2.05) is 56.8 Å². The minimum Gasteiger partial charge on any atom is -0.339 e. The van der Waals surface area contributed by atoms with Gasteiger partial charge in [0.25, 0.3) is 0 Å². The molecule has 3 aromatic rings. The summed E-state index contributed by atoms with van der Waals surface area (Å²) in [6.45, 7) is 2.72. The molecule has 5 rings (SSSR count). The van der Waals surface area contributed by atoms with Gasteiger partial charge in [-0.1, -0.05) is 42.5 Å². The first-order valence-electron chi connectivity index (χ1n) is 10.2. The molecule has 1 aliphatic heterocycles. The summed E-state index contributed by atoms with van der Waals surface area (Å²) in [5.41, 5.74) is 3.12. The molecule has 0 bridgehead atoms. The molecule has 0 N–H and O–H groups in total. The van der Waals surface area contributed by atoms with E-state index < -0.39 is 0 Å². The number of carbonyl (C=O) groups is 2. The number of para-hydroxylation sites is 2. The van der Waals surface area contributed by atoms with Gasteiger partial charge in [-0.15, -0.1) is 0 Å². The third-order valence-corrected chi connectivity index (χ3v) is 6.11. The molecule has 2 atom stereocenters. The van der Waals surface area contributed by atoms with Crippen LogP contribution in [-0.4, -0.2) is 57.3 Å². The van der Waals surface area contributed by atoms with Crippen LogP contribution in [-0.2, 0) is 16.1 Å². The van der Waals surface area contributed by atoms with Gasteiger partial charge in [0.2, 0.25) is 11.8 Å². The Morgan fingerprint density at radius 3 is 2.38 bits per heavy atom. The van der Waals surface area contributed by atoms with E-state index in [0.717, 1.165) is 17.5 Å². The quantitative estimate of drug-likeness (QED) is 0.690. The van der Waals surface area contributed by atoms with Crippen LogP contribution in [0.25, 0.3) is 11.0 Å². The molecule has 29 heavy (non-hydrogen) atoms. The van der Waals surface area contributed by atoms with Gasteiger partial charge in [0.15, 0.2) is 0 Å². The minimum atomic E-state index is 0.0776. The molecule has 0 unspecified atom stereocenters. The maximum atomic E-state index is 12.8. The molecule has 0 spiro atoms. The first kappa shape index (κ1) is 17.9. The maximum Gasteiger partial charge on any atom is 0.242 e. The molecule has 148 valence electrons. The molecule has 1 aliphatic carbocycles. The second-order valence-electron chi connectivity index (χ2n) is 7.93. The van der Waals surface area contributed by atoms with Gasteiger partial charge in [-0.05, 0) is 30.0 Å². The summed E-state index contributed by atoms with van der Waals surface area (Å²) in [5.74, 6) is 0.787. The number of carbonyl (C=O) groups excluding carboxylic acids is 2. The highest BCUT2D eigenvalue weighted by Gasteiger charge is 2.46. The number of imidazole rings is 1. The fourth-order valence-corrected chi connectivity index (χ4v) is 4.33. The van der Waals surface area contributed by atoms with Gasteiger partial charge in [0.1, 0.15) is 6.54 Å². The van der Waals surface area contributed by atoms with E-state index in [0.29, 0.717) is 32.1 Å². The molecule has 2 amide bonds. The topological polar surface area (TPSA) is 58.4 Å². The summed E-state index contributed by atoms with van der Waals surface area (Å²) >= 11 is 0. The van der Waals surface area contributed by atoms with E-state index in [2.05, 4.69) is 17.1 Å². The van der Waals surface area contributed by atoms with E-state index in [9.17, 15) is 9.59 Å². The van der Waals surface area contributed by atoms with Crippen molar-refractivity contribution in [1.29, 1.82) is 0 Å². The van der Waals surface area contributed by atoms with E-state index in [1.54, 1.807) is 6.33 Å². The Hall–Kier alpha value is -3.15. The molecule has 6 heteroatoms. The molecule has 6 nitrogen and oxygen atoms in total. The SMILES string of the molecule is O=C(Cn1cnc2ccccc21)N1CCN(C(=O)[C@@H]2C[C@@H]2c2ccccc2)CC1. The van der Waals surface area contributed by atoms with Crippen molar-refractivity contribution in [3.8, 4) is 0 Å². The van der Waals surface area contributed by atoms with Crippen molar-refractivity contribution in [3.63, 3.8) is 0 Å². The summed E-state index contributed by atoms with van der Waals surface area (Å²) in [4.78, 5) is 33.7. The molecule has 0 radical (unpaired) electrons. The van der Waals surface area contributed by atoms with Crippen molar-refractivity contribution in [2.45, 2.75) is 18.9 Å². The normalized spacial score (nSPS) is 21.4. The van der Waals surface area contributed by atoms with E-state index in [1.165, 1.54) is 5.56 Å². The minimum absolute atomic E-state index is 0.0776. The van der Waals surface area contributed by atoms with Crippen LogP contribution >= 0.6 is 0 Å². The average molecular weight is 388 g/mol. The molecule has 2 aliphatic rings. The van der Waals surface area contributed by atoms with E-state index >= 15 is 0 Å². The number of nitrogens with zero attached hydrogens (tertiary/aromatic N) is 4. The Kier molecular flexibility index (Phi) is 4.54. The number of fused-ring (bicyclic) bond motifs is 1. The number of rotatable bonds is 4. The highest BCUT2D eigenvalue weighted by atomic mass is 16.2. The largest absolute Gasteiger partial charge is 0.339 e. The molecule has 1 aromatic heterocycles. The third-order valence-electron chi connectivity index (χ3n) is 6.11. The van der Waals surface area contributed by atoms with Gasteiger partial charge in [0.05, 0.1) is 17.4 Å². The Morgan fingerprint density at radius 1 is 0.897 bits per heavy atom. The lowest BCUT2D eigenvalue weighted by Crippen LogP contribution is -2.51. The lowest BCUT2D eigenvalue weighted by atomic mass is 10.1. The summed E-state index contributed by atoms with van der Waals surface area (Å²) < 4.78 is 1.89. The van der Waals surface area contributed by atoms with Crippen LogP contribution in [0.5, 0.6) is 0 Å². The molecule has 1 saturated heterocycles. The number of hydrogen-bond donors (Lipinski definition) is 0. The van der Waals surface area contributed by atoms with E-state index in [4.69, 9.17) is 0 Å². The Morgan fingerprint density at radius 2 is 1.59 bits per heavy atom. The first-order valence-corrected chi connectivity index (χ1v) is 10.2. The lowest BCUT2D eigenvalue weighted by Gasteiger charge is -2.35. The summed E-state index contributed by atoms with van der Waals surface area (Å²) in [5, 5.41) is 0. The molecule has 1 saturated carbocycles. The molecular formula is C23H24N4O2. The lowest BCUT2D eigenvalue weighted by molar-refractivity contribution is -0.140. The number of benzene rings is 2. The summed E-state index contributed by atoms with van der Waals surface area (Å²) in [6, 6.07) is 18.1. The highest BCUT2D eigenvalue weighted by molar-refractivity contribution is 5.84. The molecule has 2 heterocycles. The molecule has 2 aromatic carbocycles. The van der Waals surface area contributed by atoms with Crippen molar-refractivity contribution in [2.24, 2.45) is 5.92 Å². The second-order valence-corrected chi connectivity index (χ2v) is 7.93. The van der Waals surface area contributed by atoms with Gasteiger partial charge in [0, 0.05) is 32.1 Å². The van der Waals surface area contributed by atoms with Crippen LogP contribution in [0.4, 0.5) is 0 Å². The molecular weight excluding hydrogens is 364 g/mol. The van der Waals surface area contributed by atoms with Crippen molar-refractivity contribution < 1.29 is 9.59 Å². The predicted octanol–water partition coefficient (Wildman–Crippen LogP) is 2.51. The van der Waals surface area contributed by atoms with Crippen LogP contribution in [0.1, 0.15) is 17.9 Å². The van der Waals surface area contributed by atoms with Crippen LogP contribution in [0.15, 0.2) is 60.9 Å². The van der Waals surface area contributed by atoms with Gasteiger partial charge in [-0.25, -0.2) is 4.98 Å². The number of hydrogen-bond acceptors (Lipinski definition) is 3. The fraction of sp³-hybridized carbons (Fsp3) is 0.348. The molecule has 2 fully saturated rings. The highest BCUT2D eigenvalue weighted by Crippen LogP contribution is 2.48. The standard InChI is InChI=1S/C23H24N4O2/c28-22(15-27-16-24-20-8-4-5-9-21(20)27)25-10-12-26(13-11-25)23(29)19-14-18(19)17-6-2-1-3-7-17/h1-9,16,18-19H,10-15H2/t18-,19-/m1/s1. The predicted molar refractivity (Wildman–Crippen MR) is 110 cm³/mol. The Balaban J connectivity index is 1.15. The zero-order valence-electron chi connectivity index (χ0n) is 16.3. The van der Waals surface area contributed by atoms with Crippen molar-refractivity contribution in [3.05, 3.63) is 66.5 Å². The van der Waals surface area contributed by atoms with Crippen molar-refractivity contribution in [2.75, 3.05) is 26.2 Å². The monoisotopic (exact) mass is 388 g/mol. The van der Waals surface area contributed by atoms with E-state index in [-0.39, 0.29) is 24.3 Å². The van der Waals surface area contributed by atoms with Crippen LogP contribution < -0.4 is 0 Å². The number of amides is 2. The Bertz CT molecular complexity index is 1040. The van der Waals surface area contributed by atoms with Gasteiger partial charge >= 0.3 is 0 Å².